The van der Waals surface area contributed by atoms with Crippen LogP contribution in [0.1, 0.15) is 0 Å². The third-order valence-corrected chi connectivity index (χ3v) is 10.7. The standard InChI is InChI=1S/C54H39N3/c1-7-19-40(20-8-1)55(41-21-9-2-10-22-41)46-31-34-49-52(37-46)50-35-32-47(56(42-23-11-3-12-24-42)43-25-13-4-14-26-43)39-54(50)51-36-33-48(38-53(49)51)57(44-27-15-5-16-28-44)45-29-17-6-18-30-45/h1-39H. The summed E-state index contributed by atoms with van der Waals surface area (Å²) < 4.78 is 0. The van der Waals surface area contributed by atoms with E-state index in [1.54, 1.807) is 0 Å². The summed E-state index contributed by atoms with van der Waals surface area (Å²) in [5.74, 6) is 0. The number of benzene rings is 10. The lowest BCUT2D eigenvalue weighted by atomic mass is 9.92. The van der Waals surface area contributed by atoms with E-state index in [2.05, 4.69) is 251 Å². The van der Waals surface area contributed by atoms with E-state index < -0.39 is 0 Å². The first-order valence-corrected chi connectivity index (χ1v) is 19.4. The van der Waals surface area contributed by atoms with Crippen LogP contribution in [0.2, 0.25) is 0 Å². The average molecular weight is 730 g/mol. The lowest BCUT2D eigenvalue weighted by molar-refractivity contribution is 1.29. The molecule has 0 bridgehead atoms. The number of anilines is 9. The van der Waals surface area contributed by atoms with Crippen LogP contribution in [0.4, 0.5) is 51.2 Å². The van der Waals surface area contributed by atoms with Crippen LogP contribution in [-0.4, -0.2) is 0 Å². The quantitative estimate of drug-likeness (QED) is 0.137. The highest BCUT2D eigenvalue weighted by Crippen LogP contribution is 2.45. The molecule has 0 saturated carbocycles. The van der Waals surface area contributed by atoms with Crippen LogP contribution >= 0.6 is 0 Å². The molecule has 10 aromatic carbocycles. The smallest absolute Gasteiger partial charge is 0.0468 e. The van der Waals surface area contributed by atoms with Gasteiger partial charge >= 0.3 is 0 Å². The fraction of sp³-hybridized carbons (Fsp3) is 0. The highest BCUT2D eigenvalue weighted by molar-refractivity contribution is 6.27. The zero-order valence-electron chi connectivity index (χ0n) is 31.4. The summed E-state index contributed by atoms with van der Waals surface area (Å²) in [5.41, 5.74) is 9.98. The van der Waals surface area contributed by atoms with Crippen LogP contribution in [0.15, 0.2) is 237 Å². The molecule has 0 aliphatic rings. The summed E-state index contributed by atoms with van der Waals surface area (Å²) in [5, 5.41) is 7.23. The van der Waals surface area contributed by atoms with Crippen LogP contribution in [0.3, 0.4) is 0 Å². The van der Waals surface area contributed by atoms with Gasteiger partial charge in [0.2, 0.25) is 0 Å². The molecule has 270 valence electrons. The van der Waals surface area contributed by atoms with Gasteiger partial charge in [-0.3, -0.25) is 0 Å². The molecule has 0 aromatic heterocycles. The van der Waals surface area contributed by atoms with E-state index in [-0.39, 0.29) is 0 Å². The minimum Gasteiger partial charge on any atom is -0.310 e. The lowest BCUT2D eigenvalue weighted by Gasteiger charge is -2.28. The van der Waals surface area contributed by atoms with Crippen molar-refractivity contribution in [3.05, 3.63) is 237 Å². The Kier molecular flexibility index (Phi) is 8.86. The molecule has 0 aliphatic heterocycles. The third-order valence-electron chi connectivity index (χ3n) is 10.7. The maximum atomic E-state index is 2.38. The monoisotopic (exact) mass is 729 g/mol. The van der Waals surface area contributed by atoms with Crippen molar-refractivity contribution in [3.63, 3.8) is 0 Å². The molecular formula is C54H39N3. The van der Waals surface area contributed by atoms with Gasteiger partial charge in [-0.25, -0.2) is 0 Å². The number of fused-ring (bicyclic) bond motifs is 6. The Morgan fingerprint density at radius 1 is 0.158 bits per heavy atom. The van der Waals surface area contributed by atoms with Crippen molar-refractivity contribution in [1.82, 2.24) is 0 Å². The second-order valence-electron chi connectivity index (χ2n) is 14.2. The van der Waals surface area contributed by atoms with Gasteiger partial charge in [0, 0.05) is 51.2 Å². The lowest BCUT2D eigenvalue weighted by Crippen LogP contribution is -2.10. The molecule has 0 N–H and O–H groups in total. The first kappa shape index (κ1) is 33.9. The number of hydrogen-bond donors (Lipinski definition) is 0. The van der Waals surface area contributed by atoms with E-state index in [9.17, 15) is 0 Å². The van der Waals surface area contributed by atoms with Gasteiger partial charge in [-0.2, -0.15) is 0 Å². The van der Waals surface area contributed by atoms with Crippen molar-refractivity contribution in [1.29, 1.82) is 0 Å². The predicted molar refractivity (Wildman–Crippen MR) is 243 cm³/mol. The zero-order valence-corrected chi connectivity index (χ0v) is 31.4. The van der Waals surface area contributed by atoms with Crippen molar-refractivity contribution in [3.8, 4) is 0 Å². The molecular weight excluding hydrogens is 691 g/mol. The maximum absolute atomic E-state index is 2.38. The van der Waals surface area contributed by atoms with Crippen molar-refractivity contribution in [2.45, 2.75) is 0 Å². The topological polar surface area (TPSA) is 9.72 Å². The van der Waals surface area contributed by atoms with Gasteiger partial charge in [-0.15, -0.1) is 0 Å². The van der Waals surface area contributed by atoms with Crippen LogP contribution in [-0.2, 0) is 0 Å². The molecule has 0 amide bonds. The number of hydrogen-bond acceptors (Lipinski definition) is 3. The Hall–Kier alpha value is -7.62. The molecule has 0 radical (unpaired) electrons. The Morgan fingerprint density at radius 3 is 0.544 bits per heavy atom. The fourth-order valence-corrected chi connectivity index (χ4v) is 8.19. The second kappa shape index (κ2) is 14.9. The highest BCUT2D eigenvalue weighted by atomic mass is 15.2. The minimum absolute atomic E-state index is 1.10. The third kappa shape index (κ3) is 6.41. The molecule has 0 heterocycles. The van der Waals surface area contributed by atoms with Gasteiger partial charge in [-0.1, -0.05) is 127 Å². The summed E-state index contributed by atoms with van der Waals surface area (Å²) >= 11 is 0. The Balaban J connectivity index is 1.25. The van der Waals surface area contributed by atoms with Gasteiger partial charge in [0.15, 0.2) is 0 Å². The largest absolute Gasteiger partial charge is 0.310 e. The Bertz CT molecular complexity index is 2460. The van der Waals surface area contributed by atoms with Crippen LogP contribution in [0.25, 0.3) is 32.3 Å². The molecule has 3 heteroatoms. The second-order valence-corrected chi connectivity index (χ2v) is 14.2. The summed E-state index contributed by atoms with van der Waals surface area (Å²) in [4.78, 5) is 7.04. The van der Waals surface area contributed by atoms with Crippen LogP contribution in [0, 0.1) is 0 Å². The maximum Gasteiger partial charge on any atom is 0.0468 e. The molecule has 0 saturated heterocycles. The molecule has 0 atom stereocenters. The first-order valence-electron chi connectivity index (χ1n) is 19.4. The molecule has 3 nitrogen and oxygen atoms in total. The van der Waals surface area contributed by atoms with Crippen LogP contribution < -0.4 is 14.7 Å². The molecule has 0 fully saturated rings. The van der Waals surface area contributed by atoms with Gasteiger partial charge in [0.25, 0.3) is 0 Å². The van der Waals surface area contributed by atoms with E-state index in [1.165, 1.54) is 32.3 Å². The SMILES string of the molecule is c1ccc(N(c2ccccc2)c2ccc3c(c2)c2ccc(N(c4ccccc4)c4ccccc4)cc2c2ccc(N(c4ccccc4)c4ccccc4)cc32)cc1. The first-order chi connectivity index (χ1) is 28.3. The van der Waals surface area contributed by atoms with E-state index in [4.69, 9.17) is 0 Å². The summed E-state index contributed by atoms with van der Waals surface area (Å²) in [7, 11) is 0. The van der Waals surface area contributed by atoms with Crippen molar-refractivity contribution in [2.24, 2.45) is 0 Å². The van der Waals surface area contributed by atoms with Gasteiger partial charge in [-0.05, 0) is 142 Å². The zero-order chi connectivity index (χ0) is 38.0. The summed E-state index contributed by atoms with van der Waals surface area (Å²) in [6, 6.07) is 84.8. The molecule has 0 aliphatic carbocycles. The normalized spacial score (nSPS) is 11.2. The molecule has 10 aromatic rings. The van der Waals surface area contributed by atoms with Gasteiger partial charge in [0.1, 0.15) is 0 Å². The molecule has 0 spiro atoms. The van der Waals surface area contributed by atoms with Crippen LogP contribution in [0.5, 0.6) is 0 Å². The molecule has 0 unspecified atom stereocenters. The minimum atomic E-state index is 1.10. The number of rotatable bonds is 9. The Labute approximate surface area is 333 Å². The average Bonchev–Trinajstić information content (AvgIpc) is 3.29. The van der Waals surface area contributed by atoms with E-state index in [0.29, 0.717) is 0 Å². The summed E-state index contributed by atoms with van der Waals surface area (Å²) in [6.07, 6.45) is 0. The summed E-state index contributed by atoms with van der Waals surface area (Å²) in [6.45, 7) is 0. The van der Waals surface area contributed by atoms with E-state index in [0.717, 1.165) is 51.2 Å². The number of nitrogens with zero attached hydrogens (tertiary/aromatic N) is 3. The number of para-hydroxylation sites is 6. The van der Waals surface area contributed by atoms with Crippen molar-refractivity contribution in [2.75, 3.05) is 14.7 Å². The molecule has 10 rings (SSSR count). The fourth-order valence-electron chi connectivity index (χ4n) is 8.19. The van der Waals surface area contributed by atoms with Gasteiger partial charge in [0.05, 0.1) is 0 Å². The van der Waals surface area contributed by atoms with Crippen molar-refractivity contribution < 1.29 is 0 Å². The highest BCUT2D eigenvalue weighted by Gasteiger charge is 2.20. The van der Waals surface area contributed by atoms with Crippen molar-refractivity contribution >= 4 is 83.5 Å². The molecule has 57 heavy (non-hydrogen) atoms. The predicted octanol–water partition coefficient (Wildman–Crippen LogP) is 15.6. The Morgan fingerprint density at radius 2 is 0.351 bits per heavy atom. The van der Waals surface area contributed by atoms with E-state index in [1.807, 2.05) is 0 Å². The van der Waals surface area contributed by atoms with Gasteiger partial charge < -0.3 is 14.7 Å². The van der Waals surface area contributed by atoms with E-state index >= 15 is 0 Å².